The average Bonchev–Trinajstić information content (AvgIpc) is 3.13. The van der Waals surface area contributed by atoms with Crippen LogP contribution in [0.4, 0.5) is 4.39 Å². The molecule has 0 spiro atoms. The minimum Gasteiger partial charge on any atom is -0.484 e. The Labute approximate surface area is 159 Å². The number of imidazole rings is 1. The molecule has 0 saturated carbocycles. The van der Waals surface area contributed by atoms with E-state index in [2.05, 4.69) is 28.5 Å². The highest BCUT2D eigenvalue weighted by atomic mass is 19.1. The van der Waals surface area contributed by atoms with E-state index in [4.69, 9.17) is 4.74 Å². The number of rotatable bonds is 7. The molecule has 1 aliphatic heterocycles. The number of nitrogens with zero attached hydrogens (tertiary/aromatic N) is 4. The van der Waals surface area contributed by atoms with Gasteiger partial charge in [0.15, 0.2) is 6.61 Å². The smallest absolute Gasteiger partial charge is 0.260 e. The second kappa shape index (κ2) is 8.99. The predicted molar refractivity (Wildman–Crippen MR) is 101 cm³/mol. The van der Waals surface area contributed by atoms with Crippen LogP contribution in [0.5, 0.6) is 5.75 Å². The van der Waals surface area contributed by atoms with E-state index in [0.29, 0.717) is 12.3 Å². The summed E-state index contributed by atoms with van der Waals surface area (Å²) in [6.45, 7) is 3.12. The fourth-order valence-electron chi connectivity index (χ4n) is 3.38. The van der Waals surface area contributed by atoms with Crippen molar-refractivity contribution in [1.29, 1.82) is 0 Å². The molecule has 0 radical (unpaired) electrons. The fourth-order valence-corrected chi connectivity index (χ4v) is 3.38. The Morgan fingerprint density at radius 3 is 3.04 bits per heavy atom. The standard InChI is InChI=1S/C20H27FN4O2/c1-23(2)11-12-24-10-8-22-20(24)16-5-4-9-25(14-16)19(26)15-27-18-7-3-6-17(21)13-18/h3,6-8,10,13,16H,4-5,9,11-12,14-15H2,1-2H3/t16-/m0/s1. The highest BCUT2D eigenvalue weighted by molar-refractivity contribution is 5.78. The number of piperidine rings is 1. The third kappa shape index (κ3) is 5.29. The van der Waals surface area contributed by atoms with Crippen LogP contribution < -0.4 is 4.74 Å². The molecule has 1 aliphatic rings. The SMILES string of the molecule is CN(C)CCn1ccnc1[C@H]1CCCN(C(=O)COc2cccc(F)c2)C1. The van der Waals surface area contributed by atoms with Crippen LogP contribution in [0.3, 0.4) is 0 Å². The van der Waals surface area contributed by atoms with E-state index in [9.17, 15) is 9.18 Å². The first kappa shape index (κ1) is 19.4. The Kier molecular flexibility index (Phi) is 6.45. The summed E-state index contributed by atoms with van der Waals surface area (Å²) in [4.78, 5) is 21.1. The molecule has 0 unspecified atom stereocenters. The van der Waals surface area contributed by atoms with Crippen LogP contribution >= 0.6 is 0 Å². The monoisotopic (exact) mass is 374 g/mol. The highest BCUT2D eigenvalue weighted by Crippen LogP contribution is 2.26. The number of carbonyl (C=O) groups excluding carboxylic acids is 1. The maximum Gasteiger partial charge on any atom is 0.260 e. The van der Waals surface area contributed by atoms with Gasteiger partial charge in [-0.25, -0.2) is 9.37 Å². The molecule has 2 aromatic rings. The zero-order chi connectivity index (χ0) is 19.2. The predicted octanol–water partition coefficient (Wildman–Crippen LogP) is 2.37. The molecule has 1 saturated heterocycles. The highest BCUT2D eigenvalue weighted by Gasteiger charge is 2.27. The van der Waals surface area contributed by atoms with Gasteiger partial charge in [-0.3, -0.25) is 4.79 Å². The lowest BCUT2D eigenvalue weighted by Gasteiger charge is -2.32. The summed E-state index contributed by atoms with van der Waals surface area (Å²) in [6, 6.07) is 5.85. The van der Waals surface area contributed by atoms with Crippen LogP contribution in [0.15, 0.2) is 36.7 Å². The molecule has 0 bridgehead atoms. The molecule has 6 nitrogen and oxygen atoms in total. The molecule has 1 atom stereocenters. The average molecular weight is 374 g/mol. The first-order valence-electron chi connectivity index (χ1n) is 9.35. The van der Waals surface area contributed by atoms with E-state index >= 15 is 0 Å². The Morgan fingerprint density at radius 2 is 2.26 bits per heavy atom. The molecule has 3 rings (SSSR count). The summed E-state index contributed by atoms with van der Waals surface area (Å²) in [5.74, 6) is 1.20. The fraction of sp³-hybridized carbons (Fsp3) is 0.500. The molecule has 1 aromatic heterocycles. The zero-order valence-corrected chi connectivity index (χ0v) is 16.0. The minimum atomic E-state index is -0.373. The molecule has 0 aliphatic carbocycles. The summed E-state index contributed by atoms with van der Waals surface area (Å²) in [5.41, 5.74) is 0. The van der Waals surface area contributed by atoms with E-state index in [1.807, 2.05) is 17.3 Å². The van der Waals surface area contributed by atoms with Gasteiger partial charge in [-0.05, 0) is 39.1 Å². The quantitative estimate of drug-likeness (QED) is 0.747. The molecule has 27 heavy (non-hydrogen) atoms. The van der Waals surface area contributed by atoms with Crippen molar-refractivity contribution in [3.8, 4) is 5.75 Å². The molecule has 146 valence electrons. The second-order valence-electron chi connectivity index (χ2n) is 7.21. The van der Waals surface area contributed by atoms with Crippen molar-refractivity contribution in [3.63, 3.8) is 0 Å². The topological polar surface area (TPSA) is 50.6 Å². The number of halogens is 1. The van der Waals surface area contributed by atoms with Gasteiger partial charge in [0.25, 0.3) is 5.91 Å². The zero-order valence-electron chi connectivity index (χ0n) is 16.0. The Morgan fingerprint density at radius 1 is 1.41 bits per heavy atom. The van der Waals surface area contributed by atoms with Crippen molar-refractivity contribution in [2.45, 2.75) is 25.3 Å². The van der Waals surface area contributed by atoms with E-state index in [1.54, 1.807) is 12.1 Å². The number of hydrogen-bond donors (Lipinski definition) is 0. The summed E-state index contributed by atoms with van der Waals surface area (Å²) >= 11 is 0. The Bertz CT molecular complexity index is 762. The van der Waals surface area contributed by atoms with Crippen LogP contribution in [0.2, 0.25) is 0 Å². The van der Waals surface area contributed by atoms with Gasteiger partial charge >= 0.3 is 0 Å². The molecule has 1 fully saturated rings. The lowest BCUT2D eigenvalue weighted by atomic mass is 9.97. The second-order valence-corrected chi connectivity index (χ2v) is 7.21. The number of benzene rings is 1. The summed E-state index contributed by atoms with van der Waals surface area (Å²) in [6.07, 6.45) is 5.80. The van der Waals surface area contributed by atoms with Crippen LogP contribution in [0, 0.1) is 5.82 Å². The van der Waals surface area contributed by atoms with Crippen molar-refractivity contribution in [3.05, 3.63) is 48.3 Å². The summed E-state index contributed by atoms with van der Waals surface area (Å²) < 4.78 is 20.9. The van der Waals surface area contributed by atoms with Gasteiger partial charge in [-0.2, -0.15) is 0 Å². The molecule has 1 amide bonds. The van der Waals surface area contributed by atoms with Gasteiger partial charge in [-0.15, -0.1) is 0 Å². The van der Waals surface area contributed by atoms with E-state index in [1.165, 1.54) is 12.1 Å². The van der Waals surface area contributed by atoms with Crippen molar-refractivity contribution < 1.29 is 13.9 Å². The van der Waals surface area contributed by atoms with E-state index < -0.39 is 0 Å². The van der Waals surface area contributed by atoms with E-state index in [-0.39, 0.29) is 24.2 Å². The van der Waals surface area contributed by atoms with Crippen LogP contribution in [0.1, 0.15) is 24.6 Å². The number of likely N-dealkylation sites (tertiary alicyclic amines) is 1. The molecule has 7 heteroatoms. The van der Waals surface area contributed by atoms with Crippen molar-refractivity contribution in [2.75, 3.05) is 40.3 Å². The minimum absolute atomic E-state index is 0.0737. The maximum absolute atomic E-state index is 13.2. The normalized spacial score (nSPS) is 17.3. The van der Waals surface area contributed by atoms with Gasteiger partial charge in [0.2, 0.25) is 0 Å². The third-order valence-corrected chi connectivity index (χ3v) is 4.83. The molecular formula is C20H27FN4O2. The molecule has 2 heterocycles. The molecular weight excluding hydrogens is 347 g/mol. The lowest BCUT2D eigenvalue weighted by Crippen LogP contribution is -2.42. The number of aromatic nitrogens is 2. The number of hydrogen-bond acceptors (Lipinski definition) is 4. The first-order valence-corrected chi connectivity index (χ1v) is 9.35. The van der Waals surface area contributed by atoms with Gasteiger partial charge in [0, 0.05) is 50.6 Å². The van der Waals surface area contributed by atoms with Crippen LogP contribution in [-0.4, -0.2) is 65.6 Å². The Balaban J connectivity index is 1.57. The van der Waals surface area contributed by atoms with Crippen molar-refractivity contribution in [2.24, 2.45) is 0 Å². The van der Waals surface area contributed by atoms with Crippen molar-refractivity contribution in [1.82, 2.24) is 19.4 Å². The van der Waals surface area contributed by atoms with Gasteiger partial charge < -0.3 is 19.1 Å². The van der Waals surface area contributed by atoms with Crippen LogP contribution in [0.25, 0.3) is 0 Å². The number of carbonyl (C=O) groups is 1. The molecule has 1 aromatic carbocycles. The Hall–Kier alpha value is -2.41. The van der Waals surface area contributed by atoms with Gasteiger partial charge in [0.1, 0.15) is 17.4 Å². The maximum atomic E-state index is 13.2. The number of likely N-dealkylation sites (N-methyl/N-ethyl adjacent to an activating group) is 1. The number of amides is 1. The van der Waals surface area contributed by atoms with Crippen molar-refractivity contribution >= 4 is 5.91 Å². The van der Waals surface area contributed by atoms with E-state index in [0.717, 1.165) is 38.3 Å². The number of ether oxygens (including phenoxy) is 1. The first-order chi connectivity index (χ1) is 13.0. The van der Waals surface area contributed by atoms with Gasteiger partial charge in [-0.1, -0.05) is 6.07 Å². The van der Waals surface area contributed by atoms with Crippen LogP contribution in [-0.2, 0) is 11.3 Å². The third-order valence-electron chi connectivity index (χ3n) is 4.83. The lowest BCUT2D eigenvalue weighted by molar-refractivity contribution is -0.134. The summed E-state index contributed by atoms with van der Waals surface area (Å²) in [7, 11) is 4.10. The molecule has 0 N–H and O–H groups in total. The van der Waals surface area contributed by atoms with Gasteiger partial charge in [0.05, 0.1) is 0 Å². The summed E-state index contributed by atoms with van der Waals surface area (Å²) in [5, 5.41) is 0. The largest absolute Gasteiger partial charge is 0.484 e.